The van der Waals surface area contributed by atoms with Crippen molar-refractivity contribution in [2.45, 2.75) is 77.0 Å². The summed E-state index contributed by atoms with van der Waals surface area (Å²) in [6, 6.07) is 7.34. The number of allylic oxidation sites excluding steroid dienone is 1. The third-order valence-corrected chi connectivity index (χ3v) is 12.0. The van der Waals surface area contributed by atoms with Crippen molar-refractivity contribution < 1.29 is 29.3 Å². The second kappa shape index (κ2) is 11.0. The minimum absolute atomic E-state index is 0.0122. The van der Waals surface area contributed by atoms with Gasteiger partial charge in [-0.25, -0.2) is 4.79 Å². The summed E-state index contributed by atoms with van der Waals surface area (Å²) in [5.41, 5.74) is -0.0166. The molecule has 7 atom stereocenters. The van der Waals surface area contributed by atoms with Crippen molar-refractivity contribution in [3.05, 3.63) is 47.0 Å². The van der Waals surface area contributed by atoms with Crippen LogP contribution in [-0.4, -0.2) is 89.1 Å². The number of fused-ring (bicyclic) bond motifs is 5. The van der Waals surface area contributed by atoms with Crippen LogP contribution in [0.25, 0.3) is 0 Å². The van der Waals surface area contributed by atoms with Crippen LogP contribution < -0.4 is 0 Å². The number of aliphatic hydroxyl groups excluding tert-OH is 1. The van der Waals surface area contributed by atoms with Gasteiger partial charge in [0.2, 0.25) is 5.78 Å². The molecule has 4 fully saturated rings. The number of nitrogens with zero attached hydrogens (tertiary/aromatic N) is 2. The fourth-order valence-corrected chi connectivity index (χ4v) is 9.49. The number of aliphatic hydroxyl groups is 2. The van der Waals surface area contributed by atoms with Gasteiger partial charge in [-0.3, -0.25) is 14.5 Å². The van der Waals surface area contributed by atoms with Crippen LogP contribution in [0.4, 0.5) is 0 Å². The SMILES string of the molecule is CN1CCN(Cc2ccc(C(=O)OCC(=O)[C@@]3(O)CC[C@H]4[C@@H]5CCC6=CC(=O)CC[C@]6(C)[C@H]5[C@@H](O)C[C@@]43C)cc2)CC1. The molecule has 4 aliphatic carbocycles. The summed E-state index contributed by atoms with van der Waals surface area (Å²) in [7, 11) is 2.13. The standard InChI is InChI=1S/C34H46N2O6/c1-32-12-10-25(37)18-24(32)8-9-26-27-11-13-34(41,33(27,2)19-28(38)30(26)32)29(39)21-42-31(40)23-6-4-22(5-7-23)20-36-16-14-35(3)15-17-36/h4-7,18,26-28,30,38,41H,8-17,19-21H2,1-3H3/t26-,27-,28-,30+,32-,33-,34-/m0/s1. The number of ether oxygens (including phenoxy) is 1. The van der Waals surface area contributed by atoms with Crippen molar-refractivity contribution in [3.63, 3.8) is 0 Å². The highest BCUT2D eigenvalue weighted by Gasteiger charge is 2.68. The quantitative estimate of drug-likeness (QED) is 0.495. The molecule has 0 radical (unpaired) electrons. The largest absolute Gasteiger partial charge is 0.454 e. The molecule has 0 bridgehead atoms. The molecule has 1 saturated heterocycles. The number of Topliss-reactive ketones (excluding diaryl/α,β-unsaturated/α-hetero) is 1. The minimum Gasteiger partial charge on any atom is -0.454 e. The van der Waals surface area contributed by atoms with E-state index in [1.807, 2.05) is 25.1 Å². The number of ketones is 2. The first-order chi connectivity index (χ1) is 19.9. The lowest BCUT2D eigenvalue weighted by atomic mass is 9.45. The van der Waals surface area contributed by atoms with Gasteiger partial charge in [-0.2, -0.15) is 0 Å². The van der Waals surface area contributed by atoms with E-state index in [-0.39, 0.29) is 29.0 Å². The number of esters is 1. The number of hydrogen-bond donors (Lipinski definition) is 2. The molecule has 8 heteroatoms. The highest BCUT2D eigenvalue weighted by atomic mass is 16.5. The Bertz CT molecular complexity index is 1270. The molecule has 0 aromatic heterocycles. The molecule has 6 rings (SSSR count). The van der Waals surface area contributed by atoms with Gasteiger partial charge >= 0.3 is 5.97 Å². The lowest BCUT2D eigenvalue weighted by Gasteiger charge is -2.60. The lowest BCUT2D eigenvalue weighted by molar-refractivity contribution is -0.182. The molecule has 5 aliphatic rings. The molecular weight excluding hydrogens is 532 g/mol. The molecule has 0 spiro atoms. The zero-order valence-electron chi connectivity index (χ0n) is 25.3. The molecule has 2 N–H and O–H groups in total. The first-order valence-electron chi connectivity index (χ1n) is 15.8. The number of hydrogen-bond acceptors (Lipinski definition) is 8. The molecule has 228 valence electrons. The van der Waals surface area contributed by atoms with Crippen LogP contribution in [0.1, 0.15) is 74.7 Å². The van der Waals surface area contributed by atoms with Crippen molar-refractivity contribution in [1.82, 2.24) is 9.80 Å². The molecule has 0 unspecified atom stereocenters. The van der Waals surface area contributed by atoms with Crippen LogP contribution in [-0.2, 0) is 20.9 Å². The Labute approximate surface area is 249 Å². The zero-order valence-corrected chi connectivity index (χ0v) is 25.3. The normalized spacial score (nSPS) is 38.7. The average molecular weight is 579 g/mol. The van der Waals surface area contributed by atoms with Crippen LogP contribution >= 0.6 is 0 Å². The first kappa shape index (κ1) is 29.7. The molecule has 1 heterocycles. The summed E-state index contributed by atoms with van der Waals surface area (Å²) in [5, 5.41) is 23.5. The smallest absolute Gasteiger partial charge is 0.338 e. The number of piperazine rings is 1. The van der Waals surface area contributed by atoms with Gasteiger partial charge in [0, 0.05) is 44.6 Å². The summed E-state index contributed by atoms with van der Waals surface area (Å²) in [6.45, 7) is 8.60. The first-order valence-corrected chi connectivity index (χ1v) is 15.8. The predicted molar refractivity (Wildman–Crippen MR) is 158 cm³/mol. The van der Waals surface area contributed by atoms with Gasteiger partial charge in [0.15, 0.2) is 12.4 Å². The van der Waals surface area contributed by atoms with Gasteiger partial charge in [0.05, 0.1) is 11.7 Å². The predicted octanol–water partition coefficient (Wildman–Crippen LogP) is 3.39. The molecule has 1 aliphatic heterocycles. The third-order valence-electron chi connectivity index (χ3n) is 12.0. The Morgan fingerprint density at radius 2 is 1.74 bits per heavy atom. The Morgan fingerprint density at radius 3 is 2.45 bits per heavy atom. The molecule has 1 aromatic carbocycles. The number of benzene rings is 1. The Balaban J connectivity index is 1.10. The van der Waals surface area contributed by atoms with Crippen molar-refractivity contribution in [1.29, 1.82) is 0 Å². The molecule has 42 heavy (non-hydrogen) atoms. The Morgan fingerprint density at radius 1 is 1.02 bits per heavy atom. The van der Waals surface area contributed by atoms with E-state index in [1.165, 1.54) is 0 Å². The van der Waals surface area contributed by atoms with Crippen molar-refractivity contribution in [3.8, 4) is 0 Å². The fraction of sp³-hybridized carbons (Fsp3) is 0.676. The molecular formula is C34H46N2O6. The van der Waals surface area contributed by atoms with Gasteiger partial charge in [-0.1, -0.05) is 31.6 Å². The van der Waals surface area contributed by atoms with Crippen molar-refractivity contribution in [2.75, 3.05) is 39.8 Å². The Kier molecular flexibility index (Phi) is 7.74. The number of likely N-dealkylation sites (N-methyl/N-ethyl adjacent to an activating group) is 1. The van der Waals surface area contributed by atoms with E-state index in [1.54, 1.807) is 12.1 Å². The summed E-state index contributed by atoms with van der Waals surface area (Å²) >= 11 is 0. The van der Waals surface area contributed by atoms with E-state index in [4.69, 9.17) is 4.74 Å². The van der Waals surface area contributed by atoms with E-state index < -0.39 is 35.5 Å². The second-order valence-corrected chi connectivity index (χ2v) is 14.3. The number of carbonyl (C=O) groups excluding carboxylic acids is 3. The topological polar surface area (TPSA) is 107 Å². The van der Waals surface area contributed by atoms with E-state index in [9.17, 15) is 24.6 Å². The van der Waals surface area contributed by atoms with E-state index in [0.29, 0.717) is 31.2 Å². The van der Waals surface area contributed by atoms with Crippen LogP contribution in [0, 0.1) is 28.6 Å². The average Bonchev–Trinajstić information content (AvgIpc) is 3.24. The Hall–Kier alpha value is -2.39. The van der Waals surface area contributed by atoms with Crippen molar-refractivity contribution in [2.24, 2.45) is 28.6 Å². The molecule has 1 aromatic rings. The number of carbonyl (C=O) groups is 3. The zero-order chi connectivity index (χ0) is 29.9. The number of rotatable bonds is 6. The highest BCUT2D eigenvalue weighted by Crippen LogP contribution is 2.67. The maximum Gasteiger partial charge on any atom is 0.338 e. The van der Waals surface area contributed by atoms with Crippen molar-refractivity contribution >= 4 is 17.5 Å². The van der Waals surface area contributed by atoms with Gasteiger partial charge in [0.1, 0.15) is 5.60 Å². The van der Waals surface area contributed by atoms with E-state index in [2.05, 4.69) is 23.8 Å². The summed E-state index contributed by atoms with van der Waals surface area (Å²) < 4.78 is 5.46. The lowest BCUT2D eigenvalue weighted by Crippen LogP contribution is -2.62. The molecule has 8 nitrogen and oxygen atoms in total. The van der Waals surface area contributed by atoms with Crippen LogP contribution in [0.2, 0.25) is 0 Å². The molecule has 3 saturated carbocycles. The van der Waals surface area contributed by atoms with E-state index in [0.717, 1.165) is 63.1 Å². The summed E-state index contributed by atoms with van der Waals surface area (Å²) in [5.74, 6) is -0.620. The maximum absolute atomic E-state index is 13.6. The second-order valence-electron chi connectivity index (χ2n) is 14.3. The van der Waals surface area contributed by atoms with Gasteiger partial charge in [-0.15, -0.1) is 0 Å². The van der Waals surface area contributed by atoms with Crippen LogP contribution in [0.15, 0.2) is 35.9 Å². The monoisotopic (exact) mass is 578 g/mol. The van der Waals surface area contributed by atoms with Gasteiger partial charge in [-0.05, 0) is 92.5 Å². The van der Waals surface area contributed by atoms with Gasteiger partial charge in [0.25, 0.3) is 0 Å². The third kappa shape index (κ3) is 4.88. The summed E-state index contributed by atoms with van der Waals surface area (Å²) in [4.78, 5) is 43.3. The fourth-order valence-electron chi connectivity index (χ4n) is 9.49. The van der Waals surface area contributed by atoms with Crippen LogP contribution in [0.5, 0.6) is 0 Å². The summed E-state index contributed by atoms with van der Waals surface area (Å²) in [6.07, 6.45) is 5.37. The maximum atomic E-state index is 13.6. The highest BCUT2D eigenvalue weighted by molar-refractivity contribution is 5.94. The minimum atomic E-state index is -1.66. The van der Waals surface area contributed by atoms with Crippen LogP contribution in [0.3, 0.4) is 0 Å². The van der Waals surface area contributed by atoms with E-state index >= 15 is 0 Å². The van der Waals surface area contributed by atoms with Gasteiger partial charge < -0.3 is 19.8 Å². The molecule has 0 amide bonds.